The molecule has 0 fully saturated rings. The summed E-state index contributed by atoms with van der Waals surface area (Å²) in [5, 5.41) is 1.08. The Labute approximate surface area is 115 Å². The number of aryl methyl sites for hydroxylation is 1. The second-order valence-corrected chi connectivity index (χ2v) is 5.24. The van der Waals surface area contributed by atoms with Crippen molar-refractivity contribution in [3.8, 4) is 11.6 Å². The van der Waals surface area contributed by atoms with Crippen LogP contribution >= 0.6 is 12.2 Å². The second-order valence-electron chi connectivity index (χ2n) is 4.85. The van der Waals surface area contributed by atoms with Crippen LogP contribution in [0.2, 0.25) is 0 Å². The fraction of sp³-hybridized carbons (Fsp3) is 0.200. The summed E-state index contributed by atoms with van der Waals surface area (Å²) < 4.78 is 6.54. The molecule has 0 spiro atoms. The van der Waals surface area contributed by atoms with Crippen molar-refractivity contribution in [3.05, 3.63) is 46.2 Å². The molecule has 0 unspecified atom stereocenters. The van der Waals surface area contributed by atoms with Gasteiger partial charge in [-0.15, -0.1) is 0 Å². The predicted octanol–water partition coefficient (Wildman–Crippen LogP) is 4.04. The molecule has 19 heavy (non-hydrogen) atoms. The molecular formula is C15H12N2OS. The van der Waals surface area contributed by atoms with Crippen molar-refractivity contribution in [1.29, 1.82) is 0 Å². The molecule has 0 amide bonds. The minimum atomic E-state index is 0.710. The molecule has 1 aromatic carbocycles. The molecule has 1 N–H and O–H groups in total. The number of rotatable bonds is 1. The highest BCUT2D eigenvalue weighted by molar-refractivity contribution is 7.71. The van der Waals surface area contributed by atoms with Crippen LogP contribution in [-0.2, 0) is 12.8 Å². The Morgan fingerprint density at radius 2 is 2.11 bits per heavy atom. The Bertz CT molecular complexity index is 799. The van der Waals surface area contributed by atoms with Gasteiger partial charge in [0.25, 0.3) is 0 Å². The lowest BCUT2D eigenvalue weighted by atomic mass is 10.2. The van der Waals surface area contributed by atoms with E-state index in [4.69, 9.17) is 16.6 Å². The van der Waals surface area contributed by atoms with Crippen LogP contribution in [0.5, 0.6) is 0 Å². The zero-order valence-electron chi connectivity index (χ0n) is 10.3. The number of benzene rings is 1. The van der Waals surface area contributed by atoms with E-state index in [0.717, 1.165) is 41.8 Å². The number of aromatic amines is 1. The van der Waals surface area contributed by atoms with Gasteiger partial charge in [-0.25, -0.2) is 4.98 Å². The third kappa shape index (κ3) is 1.71. The van der Waals surface area contributed by atoms with E-state index in [2.05, 4.69) is 9.97 Å². The molecule has 0 aliphatic heterocycles. The summed E-state index contributed by atoms with van der Waals surface area (Å²) in [5.74, 6) is 1.49. The molecule has 0 saturated carbocycles. The van der Waals surface area contributed by atoms with Gasteiger partial charge in [-0.3, -0.25) is 0 Å². The summed E-state index contributed by atoms with van der Waals surface area (Å²) in [4.78, 5) is 7.85. The first-order valence-electron chi connectivity index (χ1n) is 6.42. The first-order valence-corrected chi connectivity index (χ1v) is 6.83. The van der Waals surface area contributed by atoms with Crippen LogP contribution in [0, 0.1) is 4.64 Å². The summed E-state index contributed by atoms with van der Waals surface area (Å²) in [6, 6.07) is 9.96. The maximum Gasteiger partial charge on any atom is 0.175 e. The fourth-order valence-electron chi connectivity index (χ4n) is 2.67. The standard InChI is InChI=1S/C15H12N2OS/c19-15-10-5-3-6-11(10)16-14(17-15)13-8-9-4-1-2-7-12(9)18-13/h1-2,4,7-8H,3,5-6H2,(H,16,17,19). The van der Waals surface area contributed by atoms with Crippen molar-refractivity contribution in [3.63, 3.8) is 0 Å². The molecule has 4 rings (SSSR count). The fourth-order valence-corrected chi connectivity index (χ4v) is 2.99. The first-order chi connectivity index (χ1) is 9.31. The zero-order chi connectivity index (χ0) is 12.8. The molecule has 4 heteroatoms. The van der Waals surface area contributed by atoms with Crippen molar-refractivity contribution in [2.45, 2.75) is 19.3 Å². The van der Waals surface area contributed by atoms with Crippen molar-refractivity contribution in [2.24, 2.45) is 0 Å². The number of H-pyrrole nitrogens is 1. The Morgan fingerprint density at radius 1 is 1.21 bits per heavy atom. The van der Waals surface area contributed by atoms with Gasteiger partial charge in [-0.1, -0.05) is 30.4 Å². The Balaban J connectivity index is 1.92. The van der Waals surface area contributed by atoms with Gasteiger partial charge < -0.3 is 9.40 Å². The number of nitrogens with zero attached hydrogens (tertiary/aromatic N) is 1. The number of aromatic nitrogens is 2. The van der Waals surface area contributed by atoms with Gasteiger partial charge in [0.05, 0.1) is 0 Å². The van der Waals surface area contributed by atoms with Gasteiger partial charge >= 0.3 is 0 Å². The van der Waals surface area contributed by atoms with Crippen LogP contribution in [0.25, 0.3) is 22.6 Å². The van der Waals surface area contributed by atoms with E-state index >= 15 is 0 Å². The largest absolute Gasteiger partial charge is 0.453 e. The van der Waals surface area contributed by atoms with E-state index in [9.17, 15) is 0 Å². The van der Waals surface area contributed by atoms with Crippen molar-refractivity contribution < 1.29 is 4.42 Å². The Hall–Kier alpha value is -1.94. The lowest BCUT2D eigenvalue weighted by molar-refractivity contribution is 0.624. The number of fused-ring (bicyclic) bond motifs is 2. The molecule has 0 bridgehead atoms. The van der Waals surface area contributed by atoms with Crippen molar-refractivity contribution >= 4 is 23.2 Å². The maximum atomic E-state index is 5.83. The summed E-state index contributed by atoms with van der Waals surface area (Å²) in [6.45, 7) is 0. The zero-order valence-corrected chi connectivity index (χ0v) is 11.1. The van der Waals surface area contributed by atoms with Crippen LogP contribution in [-0.4, -0.2) is 9.97 Å². The van der Waals surface area contributed by atoms with Crippen LogP contribution in [0.15, 0.2) is 34.7 Å². The highest BCUT2D eigenvalue weighted by Gasteiger charge is 2.16. The number of nitrogens with one attached hydrogen (secondary N) is 1. The van der Waals surface area contributed by atoms with Crippen molar-refractivity contribution in [2.75, 3.05) is 0 Å². The predicted molar refractivity (Wildman–Crippen MR) is 76.7 cm³/mol. The first kappa shape index (κ1) is 10.9. The molecule has 1 aliphatic carbocycles. The van der Waals surface area contributed by atoms with E-state index < -0.39 is 0 Å². The average molecular weight is 268 g/mol. The molecule has 2 heterocycles. The minimum absolute atomic E-state index is 0.710. The lowest BCUT2D eigenvalue weighted by Gasteiger charge is -2.02. The van der Waals surface area contributed by atoms with Crippen LogP contribution < -0.4 is 0 Å². The smallest absolute Gasteiger partial charge is 0.175 e. The quantitative estimate of drug-likeness (QED) is 0.677. The van der Waals surface area contributed by atoms with Gasteiger partial charge in [0.1, 0.15) is 10.2 Å². The third-order valence-corrected chi connectivity index (χ3v) is 3.96. The number of para-hydroxylation sites is 1. The molecule has 1 aliphatic rings. The topological polar surface area (TPSA) is 41.8 Å². The SMILES string of the molecule is S=c1nc(-c2cc3ccccc3o2)[nH]c2c1CCC2. The monoisotopic (exact) mass is 268 g/mol. The van der Waals surface area contributed by atoms with Gasteiger partial charge in [0.15, 0.2) is 11.6 Å². The van der Waals surface area contributed by atoms with Crippen molar-refractivity contribution in [1.82, 2.24) is 9.97 Å². The summed E-state index contributed by atoms with van der Waals surface area (Å²) in [7, 11) is 0. The molecule has 3 aromatic rings. The normalized spacial score (nSPS) is 13.9. The number of hydrogen-bond acceptors (Lipinski definition) is 3. The van der Waals surface area contributed by atoms with Gasteiger partial charge in [0, 0.05) is 16.6 Å². The Morgan fingerprint density at radius 3 is 3.00 bits per heavy atom. The minimum Gasteiger partial charge on any atom is -0.453 e. The molecular weight excluding hydrogens is 256 g/mol. The average Bonchev–Trinajstić information content (AvgIpc) is 3.04. The van der Waals surface area contributed by atoms with Crippen LogP contribution in [0.1, 0.15) is 17.7 Å². The number of furan rings is 1. The van der Waals surface area contributed by atoms with E-state index in [-0.39, 0.29) is 0 Å². The molecule has 2 aromatic heterocycles. The molecule has 0 saturated heterocycles. The maximum absolute atomic E-state index is 5.83. The van der Waals surface area contributed by atoms with Gasteiger partial charge in [-0.2, -0.15) is 0 Å². The third-order valence-electron chi connectivity index (χ3n) is 3.62. The molecule has 94 valence electrons. The Kier molecular flexibility index (Phi) is 2.32. The molecule has 3 nitrogen and oxygen atoms in total. The second kappa shape index (κ2) is 4.03. The molecule has 0 radical (unpaired) electrons. The van der Waals surface area contributed by atoms with E-state index in [1.807, 2.05) is 30.3 Å². The van der Waals surface area contributed by atoms with Gasteiger partial charge in [0.2, 0.25) is 0 Å². The highest BCUT2D eigenvalue weighted by atomic mass is 32.1. The highest BCUT2D eigenvalue weighted by Crippen LogP contribution is 2.28. The van der Waals surface area contributed by atoms with E-state index in [0.29, 0.717) is 4.64 Å². The summed E-state index contributed by atoms with van der Waals surface area (Å²) in [6.07, 6.45) is 3.24. The van der Waals surface area contributed by atoms with E-state index in [1.54, 1.807) is 0 Å². The summed E-state index contributed by atoms with van der Waals surface area (Å²) in [5.41, 5.74) is 3.30. The summed E-state index contributed by atoms with van der Waals surface area (Å²) >= 11 is 5.37. The van der Waals surface area contributed by atoms with Gasteiger partial charge in [-0.05, 0) is 31.4 Å². The van der Waals surface area contributed by atoms with E-state index in [1.165, 1.54) is 11.3 Å². The van der Waals surface area contributed by atoms with Crippen LogP contribution in [0.4, 0.5) is 0 Å². The van der Waals surface area contributed by atoms with Crippen LogP contribution in [0.3, 0.4) is 0 Å². The lowest BCUT2D eigenvalue weighted by Crippen LogP contribution is -1.96. The molecule has 0 atom stereocenters. The number of hydrogen-bond donors (Lipinski definition) is 1.